The summed E-state index contributed by atoms with van der Waals surface area (Å²) in [6.07, 6.45) is -0.569. The molecule has 0 amide bonds. The van der Waals surface area contributed by atoms with E-state index < -0.39 is 22.5 Å². The maximum Gasteiger partial charge on any atom is 0.175 e. The van der Waals surface area contributed by atoms with Crippen molar-refractivity contribution in [1.29, 1.82) is 0 Å². The van der Waals surface area contributed by atoms with E-state index in [2.05, 4.69) is 0 Å². The van der Waals surface area contributed by atoms with Crippen LogP contribution in [0.3, 0.4) is 0 Å². The highest BCUT2D eigenvalue weighted by Gasteiger charge is 2.38. The van der Waals surface area contributed by atoms with Crippen molar-refractivity contribution in [2.24, 2.45) is 5.41 Å². The van der Waals surface area contributed by atoms with Gasteiger partial charge in [0, 0.05) is 5.41 Å². The molecule has 0 aromatic carbocycles. The van der Waals surface area contributed by atoms with Gasteiger partial charge in [0.1, 0.15) is 10.8 Å². The Hall–Kier alpha value is 0.170. The minimum atomic E-state index is -0.783. The van der Waals surface area contributed by atoms with Crippen molar-refractivity contribution in [3.63, 3.8) is 0 Å². The first kappa shape index (κ1) is 13.2. The molecule has 0 spiro atoms. The molecule has 2 atom stereocenters. The summed E-state index contributed by atoms with van der Waals surface area (Å²) in [6.45, 7) is 6.43. The van der Waals surface area contributed by atoms with Gasteiger partial charge < -0.3 is 9.47 Å². The molecule has 88 valence electrons. The van der Waals surface area contributed by atoms with Crippen LogP contribution in [-0.2, 0) is 14.3 Å². The fourth-order valence-corrected chi connectivity index (χ4v) is 1.96. The second-order valence-electron chi connectivity index (χ2n) is 4.57. The first-order valence-corrected chi connectivity index (χ1v) is 5.77. The summed E-state index contributed by atoms with van der Waals surface area (Å²) in [5, 5.41) is -1.42. The van der Waals surface area contributed by atoms with Crippen LogP contribution in [0.4, 0.5) is 0 Å². The molecular weight excluding hydrogens is 239 g/mol. The minimum absolute atomic E-state index is 0.0942. The van der Waals surface area contributed by atoms with Gasteiger partial charge in [-0.25, -0.2) is 0 Å². The zero-order valence-corrected chi connectivity index (χ0v) is 10.6. The summed E-state index contributed by atoms with van der Waals surface area (Å²) in [7, 11) is 0. The highest BCUT2D eigenvalue weighted by Crippen LogP contribution is 2.27. The molecule has 1 aliphatic rings. The van der Waals surface area contributed by atoms with Gasteiger partial charge in [0.25, 0.3) is 0 Å². The number of halogens is 2. The average molecular weight is 255 g/mol. The van der Waals surface area contributed by atoms with Crippen molar-refractivity contribution in [2.45, 2.75) is 37.8 Å². The molecule has 0 bridgehead atoms. The fourth-order valence-electron chi connectivity index (χ4n) is 1.26. The highest BCUT2D eigenvalue weighted by atomic mass is 35.5. The van der Waals surface area contributed by atoms with Crippen molar-refractivity contribution in [2.75, 3.05) is 13.2 Å². The molecule has 1 aliphatic heterocycles. The van der Waals surface area contributed by atoms with E-state index in [1.165, 1.54) is 0 Å². The Balaban J connectivity index is 2.59. The predicted octanol–water partition coefficient (Wildman–Crippen LogP) is 2.19. The van der Waals surface area contributed by atoms with Gasteiger partial charge in [-0.3, -0.25) is 4.79 Å². The lowest BCUT2D eigenvalue weighted by molar-refractivity contribution is -0.127. The molecule has 2 unspecified atom stereocenters. The van der Waals surface area contributed by atoms with E-state index in [1.807, 2.05) is 20.8 Å². The maximum atomic E-state index is 11.8. The molecular formula is C10H16Cl2O3. The Kier molecular flexibility index (Phi) is 4.41. The molecule has 1 saturated heterocycles. The number of alkyl halides is 2. The Morgan fingerprint density at radius 1 is 1.27 bits per heavy atom. The van der Waals surface area contributed by atoms with Gasteiger partial charge in [-0.2, -0.15) is 0 Å². The van der Waals surface area contributed by atoms with Crippen LogP contribution < -0.4 is 0 Å². The van der Waals surface area contributed by atoms with Crippen LogP contribution in [0.1, 0.15) is 20.8 Å². The van der Waals surface area contributed by atoms with Gasteiger partial charge in [-0.1, -0.05) is 20.8 Å². The number of hydrogen-bond donors (Lipinski definition) is 0. The lowest BCUT2D eigenvalue weighted by atomic mass is 9.88. The van der Waals surface area contributed by atoms with Crippen LogP contribution in [0.15, 0.2) is 0 Å². The lowest BCUT2D eigenvalue weighted by Crippen LogP contribution is -2.40. The molecule has 0 radical (unpaired) electrons. The molecule has 0 aromatic rings. The number of hydrogen-bond acceptors (Lipinski definition) is 3. The fraction of sp³-hybridized carbons (Fsp3) is 0.900. The van der Waals surface area contributed by atoms with Gasteiger partial charge >= 0.3 is 0 Å². The standard InChI is InChI=1S/C10H16Cl2O3/c1-10(2,3)8(13)6(11)7(12)9-14-4-5-15-9/h6-7,9H,4-5H2,1-3H3. The van der Waals surface area contributed by atoms with Gasteiger partial charge in [0.2, 0.25) is 0 Å². The van der Waals surface area contributed by atoms with Gasteiger partial charge in [-0.15, -0.1) is 23.2 Å². The third-order valence-electron chi connectivity index (χ3n) is 2.18. The molecule has 15 heavy (non-hydrogen) atoms. The topological polar surface area (TPSA) is 35.5 Å². The first-order chi connectivity index (χ1) is 6.84. The highest BCUT2D eigenvalue weighted by molar-refractivity contribution is 6.38. The zero-order valence-electron chi connectivity index (χ0n) is 9.13. The molecule has 0 aromatic heterocycles. The molecule has 3 nitrogen and oxygen atoms in total. The summed E-state index contributed by atoms with van der Waals surface area (Å²) in [5.41, 5.74) is -0.502. The second-order valence-corrected chi connectivity index (χ2v) is 5.54. The predicted molar refractivity (Wildman–Crippen MR) is 59.4 cm³/mol. The Morgan fingerprint density at radius 2 is 1.73 bits per heavy atom. The van der Waals surface area contributed by atoms with E-state index in [9.17, 15) is 4.79 Å². The zero-order chi connectivity index (χ0) is 11.6. The maximum absolute atomic E-state index is 11.8. The molecule has 0 aliphatic carbocycles. The van der Waals surface area contributed by atoms with Crippen molar-refractivity contribution in [3.8, 4) is 0 Å². The normalized spacial score (nSPS) is 22.7. The largest absolute Gasteiger partial charge is 0.349 e. The average Bonchev–Trinajstić information content (AvgIpc) is 2.65. The Morgan fingerprint density at radius 3 is 2.13 bits per heavy atom. The number of ether oxygens (including phenoxy) is 2. The van der Waals surface area contributed by atoms with Crippen molar-refractivity contribution in [3.05, 3.63) is 0 Å². The molecule has 5 heteroatoms. The third kappa shape index (κ3) is 3.31. The smallest absolute Gasteiger partial charge is 0.175 e. The van der Waals surface area contributed by atoms with E-state index >= 15 is 0 Å². The van der Waals surface area contributed by atoms with Crippen molar-refractivity contribution < 1.29 is 14.3 Å². The van der Waals surface area contributed by atoms with Gasteiger partial charge in [-0.05, 0) is 0 Å². The molecule has 1 heterocycles. The summed E-state index contributed by atoms with van der Waals surface area (Å²) in [6, 6.07) is 0. The number of carbonyl (C=O) groups excluding carboxylic acids is 1. The quantitative estimate of drug-likeness (QED) is 0.725. The minimum Gasteiger partial charge on any atom is -0.349 e. The van der Waals surface area contributed by atoms with E-state index in [-0.39, 0.29) is 5.78 Å². The van der Waals surface area contributed by atoms with Crippen LogP contribution in [0.25, 0.3) is 0 Å². The summed E-state index contributed by atoms with van der Waals surface area (Å²) < 4.78 is 10.4. The second kappa shape index (κ2) is 5.00. The molecule has 1 fully saturated rings. The molecule has 0 N–H and O–H groups in total. The van der Waals surface area contributed by atoms with E-state index in [1.54, 1.807) is 0 Å². The molecule has 1 rings (SSSR count). The van der Waals surface area contributed by atoms with Gasteiger partial charge in [0.05, 0.1) is 13.2 Å². The van der Waals surface area contributed by atoms with Crippen LogP contribution in [0, 0.1) is 5.41 Å². The Labute approximate surface area is 100 Å². The number of Topliss-reactive ketones (excluding diaryl/α,β-unsaturated/α-hetero) is 1. The lowest BCUT2D eigenvalue weighted by Gasteiger charge is -2.25. The van der Waals surface area contributed by atoms with Crippen molar-refractivity contribution in [1.82, 2.24) is 0 Å². The molecule has 0 saturated carbocycles. The number of rotatable bonds is 3. The summed E-state index contributed by atoms with van der Waals surface area (Å²) >= 11 is 12.0. The monoisotopic (exact) mass is 254 g/mol. The van der Waals surface area contributed by atoms with Gasteiger partial charge in [0.15, 0.2) is 12.1 Å². The Bertz CT molecular complexity index is 231. The number of carbonyl (C=O) groups is 1. The van der Waals surface area contributed by atoms with Crippen LogP contribution in [0.2, 0.25) is 0 Å². The van der Waals surface area contributed by atoms with E-state index in [0.717, 1.165) is 0 Å². The number of ketones is 1. The first-order valence-electron chi connectivity index (χ1n) is 4.89. The van der Waals surface area contributed by atoms with Crippen molar-refractivity contribution >= 4 is 29.0 Å². The third-order valence-corrected chi connectivity index (χ3v) is 3.23. The van der Waals surface area contributed by atoms with Crippen LogP contribution >= 0.6 is 23.2 Å². The summed E-state index contributed by atoms with van der Waals surface area (Å²) in [4.78, 5) is 11.8. The van der Waals surface area contributed by atoms with Crippen LogP contribution in [-0.4, -0.2) is 36.0 Å². The van der Waals surface area contributed by atoms with Crippen LogP contribution in [0.5, 0.6) is 0 Å². The summed E-state index contributed by atoms with van der Waals surface area (Å²) in [5.74, 6) is -0.0942. The SMILES string of the molecule is CC(C)(C)C(=O)C(Cl)C(Cl)C1OCCO1. The van der Waals surface area contributed by atoms with E-state index in [4.69, 9.17) is 32.7 Å². The van der Waals surface area contributed by atoms with E-state index in [0.29, 0.717) is 13.2 Å².